The van der Waals surface area contributed by atoms with Crippen LogP contribution in [0.3, 0.4) is 0 Å². The molecule has 29 heavy (non-hydrogen) atoms. The molecule has 3 aromatic rings. The molecule has 0 aliphatic carbocycles. The molecule has 0 spiro atoms. The van der Waals surface area contributed by atoms with Crippen molar-refractivity contribution in [2.24, 2.45) is 0 Å². The summed E-state index contributed by atoms with van der Waals surface area (Å²) in [7, 11) is 1.95. The summed E-state index contributed by atoms with van der Waals surface area (Å²) >= 11 is 0. The maximum absolute atomic E-state index is 12.5. The summed E-state index contributed by atoms with van der Waals surface area (Å²) in [6, 6.07) is 7.93. The van der Waals surface area contributed by atoms with Crippen LogP contribution in [-0.2, 0) is 17.4 Å². The second-order valence-electron chi connectivity index (χ2n) is 7.09. The van der Waals surface area contributed by atoms with Gasteiger partial charge in [0.15, 0.2) is 0 Å². The summed E-state index contributed by atoms with van der Waals surface area (Å²) in [4.78, 5) is 25.4. The van der Waals surface area contributed by atoms with Crippen LogP contribution < -0.4 is 10.2 Å². The lowest BCUT2D eigenvalue weighted by molar-refractivity contribution is -0.141. The van der Waals surface area contributed by atoms with Crippen molar-refractivity contribution in [3.8, 4) is 0 Å². The molecule has 0 saturated carbocycles. The fraction of sp³-hybridized carbons (Fsp3) is 0.350. The third kappa shape index (κ3) is 5.04. The zero-order valence-electron chi connectivity index (χ0n) is 16.3. The Morgan fingerprint density at radius 3 is 2.62 bits per heavy atom. The predicted molar refractivity (Wildman–Crippen MR) is 106 cm³/mol. The predicted octanol–water partition coefficient (Wildman–Crippen LogP) is 4.39. The number of aromatic nitrogens is 3. The Hall–Kier alpha value is -3.10. The molecule has 0 atom stereocenters. The van der Waals surface area contributed by atoms with Crippen molar-refractivity contribution < 1.29 is 18.0 Å². The molecule has 1 amide bonds. The summed E-state index contributed by atoms with van der Waals surface area (Å²) in [5.74, 6) is 0.511. The lowest BCUT2D eigenvalue weighted by Gasteiger charge is -2.19. The number of aryl methyl sites for hydroxylation is 1. The summed E-state index contributed by atoms with van der Waals surface area (Å²) < 4.78 is 37.6. The first-order valence-corrected chi connectivity index (χ1v) is 9.18. The van der Waals surface area contributed by atoms with E-state index < -0.39 is 11.9 Å². The van der Waals surface area contributed by atoms with Crippen molar-refractivity contribution >= 4 is 28.6 Å². The van der Waals surface area contributed by atoms with E-state index in [4.69, 9.17) is 0 Å². The number of aromatic amines is 1. The Morgan fingerprint density at radius 1 is 1.24 bits per heavy atom. The van der Waals surface area contributed by atoms with Gasteiger partial charge < -0.3 is 15.2 Å². The molecule has 0 saturated heterocycles. The van der Waals surface area contributed by atoms with Crippen LogP contribution in [0.5, 0.6) is 0 Å². The molecule has 0 aliphatic heterocycles. The van der Waals surface area contributed by atoms with Crippen LogP contribution in [0.1, 0.15) is 31.5 Å². The van der Waals surface area contributed by atoms with Crippen LogP contribution in [0.4, 0.5) is 24.8 Å². The molecule has 0 bridgehead atoms. The van der Waals surface area contributed by atoms with Gasteiger partial charge in [0.05, 0.1) is 11.0 Å². The highest BCUT2D eigenvalue weighted by molar-refractivity contribution is 5.93. The van der Waals surface area contributed by atoms with Crippen molar-refractivity contribution in [2.45, 2.75) is 38.9 Å². The molecule has 1 aromatic carbocycles. The van der Waals surface area contributed by atoms with Gasteiger partial charge in [-0.1, -0.05) is 6.07 Å². The molecule has 9 heteroatoms. The molecule has 0 radical (unpaired) electrons. The Labute approximate surface area is 166 Å². The summed E-state index contributed by atoms with van der Waals surface area (Å²) in [6.45, 7) is 4.12. The molecule has 3 rings (SSSR count). The number of nitrogens with one attached hydrogen (secondary N) is 2. The van der Waals surface area contributed by atoms with E-state index in [9.17, 15) is 18.0 Å². The first-order chi connectivity index (χ1) is 13.6. The molecular weight excluding hydrogens is 383 g/mol. The van der Waals surface area contributed by atoms with E-state index in [0.717, 1.165) is 29.2 Å². The van der Waals surface area contributed by atoms with Crippen LogP contribution in [-0.4, -0.2) is 33.9 Å². The minimum atomic E-state index is -4.47. The van der Waals surface area contributed by atoms with Crippen LogP contribution in [0.25, 0.3) is 11.0 Å². The van der Waals surface area contributed by atoms with Gasteiger partial charge >= 0.3 is 6.18 Å². The van der Waals surface area contributed by atoms with Gasteiger partial charge in [-0.3, -0.25) is 9.78 Å². The number of benzene rings is 1. The number of pyridine rings is 1. The van der Waals surface area contributed by atoms with Gasteiger partial charge in [-0.05, 0) is 50.1 Å². The quantitative estimate of drug-likeness (QED) is 0.638. The molecule has 2 heterocycles. The van der Waals surface area contributed by atoms with Crippen molar-refractivity contribution in [3.63, 3.8) is 0 Å². The molecule has 2 N–H and O–H groups in total. The number of imidazole rings is 1. The van der Waals surface area contributed by atoms with Crippen molar-refractivity contribution in [2.75, 3.05) is 17.3 Å². The number of carbonyl (C=O) groups is 1. The fourth-order valence-corrected chi connectivity index (χ4v) is 2.71. The fourth-order valence-electron chi connectivity index (χ4n) is 2.71. The molecule has 0 aliphatic rings. The zero-order chi connectivity index (χ0) is 21.2. The van der Waals surface area contributed by atoms with E-state index in [1.165, 1.54) is 6.07 Å². The Morgan fingerprint density at radius 2 is 2.00 bits per heavy atom. The third-order valence-electron chi connectivity index (χ3n) is 4.62. The standard InChI is InChI=1S/C20H22F3N5O/c1-12(2)28(3)19-26-15-7-6-14(10-16(15)27-19)25-18(29)9-5-13-4-8-17(24-11-13)20(21,22)23/h4,6-8,10-12H,5,9H2,1-3H3,(H,25,29)(H,26,27). The second-order valence-corrected chi connectivity index (χ2v) is 7.09. The second kappa shape index (κ2) is 8.10. The SMILES string of the molecule is CC(C)N(C)c1nc2ccc(NC(=O)CCc3ccc(C(F)(F)F)nc3)cc2[nH]1. The van der Waals surface area contributed by atoms with E-state index in [2.05, 4.69) is 34.1 Å². The first kappa shape index (κ1) is 20.6. The molecule has 6 nitrogen and oxygen atoms in total. The Balaban J connectivity index is 1.61. The number of fused-ring (bicyclic) bond motifs is 1. The van der Waals surface area contributed by atoms with E-state index >= 15 is 0 Å². The van der Waals surface area contributed by atoms with Gasteiger partial charge in [-0.2, -0.15) is 13.2 Å². The highest BCUT2D eigenvalue weighted by Gasteiger charge is 2.31. The smallest absolute Gasteiger partial charge is 0.343 e. The van der Waals surface area contributed by atoms with Gasteiger partial charge in [-0.15, -0.1) is 0 Å². The minimum Gasteiger partial charge on any atom is -0.343 e. The monoisotopic (exact) mass is 405 g/mol. The van der Waals surface area contributed by atoms with E-state index in [0.29, 0.717) is 17.7 Å². The van der Waals surface area contributed by atoms with Crippen LogP contribution >= 0.6 is 0 Å². The number of rotatable bonds is 6. The first-order valence-electron chi connectivity index (χ1n) is 9.18. The normalized spacial score (nSPS) is 11.8. The lowest BCUT2D eigenvalue weighted by Crippen LogP contribution is -2.26. The van der Waals surface area contributed by atoms with E-state index in [-0.39, 0.29) is 18.4 Å². The Kier molecular flexibility index (Phi) is 5.76. The maximum atomic E-state index is 12.5. The Bertz CT molecular complexity index is 996. The van der Waals surface area contributed by atoms with Crippen LogP contribution in [0, 0.1) is 0 Å². The summed E-state index contributed by atoms with van der Waals surface area (Å²) in [5.41, 5.74) is 1.84. The molecule has 2 aromatic heterocycles. The van der Waals surface area contributed by atoms with Crippen LogP contribution in [0.2, 0.25) is 0 Å². The molecule has 0 unspecified atom stereocenters. The number of H-pyrrole nitrogens is 1. The lowest BCUT2D eigenvalue weighted by atomic mass is 10.1. The van der Waals surface area contributed by atoms with Gasteiger partial charge in [0.25, 0.3) is 0 Å². The minimum absolute atomic E-state index is 0.134. The third-order valence-corrected chi connectivity index (χ3v) is 4.62. The number of halogens is 3. The number of carbonyl (C=O) groups excluding carboxylic acids is 1. The number of anilines is 2. The summed E-state index contributed by atoms with van der Waals surface area (Å²) in [5, 5.41) is 2.80. The molecular formula is C20H22F3N5O. The van der Waals surface area contributed by atoms with E-state index in [1.807, 2.05) is 18.0 Å². The zero-order valence-corrected chi connectivity index (χ0v) is 16.3. The largest absolute Gasteiger partial charge is 0.433 e. The highest BCUT2D eigenvalue weighted by atomic mass is 19.4. The number of hydrogen-bond acceptors (Lipinski definition) is 4. The highest BCUT2D eigenvalue weighted by Crippen LogP contribution is 2.27. The van der Waals surface area contributed by atoms with Crippen molar-refractivity contribution in [3.05, 3.63) is 47.8 Å². The van der Waals surface area contributed by atoms with Gasteiger partial charge in [-0.25, -0.2) is 4.98 Å². The van der Waals surface area contributed by atoms with Crippen molar-refractivity contribution in [1.82, 2.24) is 15.0 Å². The number of amides is 1. The molecule has 154 valence electrons. The van der Waals surface area contributed by atoms with Gasteiger partial charge in [0, 0.05) is 31.4 Å². The topological polar surface area (TPSA) is 73.9 Å². The number of hydrogen-bond donors (Lipinski definition) is 2. The maximum Gasteiger partial charge on any atom is 0.433 e. The van der Waals surface area contributed by atoms with Crippen LogP contribution in [0.15, 0.2) is 36.5 Å². The van der Waals surface area contributed by atoms with Gasteiger partial charge in [0.2, 0.25) is 11.9 Å². The number of alkyl halides is 3. The van der Waals surface area contributed by atoms with E-state index in [1.54, 1.807) is 12.1 Å². The van der Waals surface area contributed by atoms with Gasteiger partial charge in [0.1, 0.15) is 5.69 Å². The van der Waals surface area contributed by atoms with Crippen molar-refractivity contribution in [1.29, 1.82) is 0 Å². The average Bonchev–Trinajstić information content (AvgIpc) is 3.08. The average molecular weight is 405 g/mol. The summed E-state index contributed by atoms with van der Waals surface area (Å²) in [6.07, 6.45) is -2.88. The molecule has 0 fully saturated rings. The number of nitrogens with zero attached hydrogens (tertiary/aromatic N) is 3.